The molecule has 1 rings (SSSR count). The average molecular weight is 238 g/mol. The third-order valence-corrected chi connectivity index (χ3v) is 1.93. The maximum atomic E-state index is 10.7. The number of nitro benzene ring substituents is 1. The number of non-ortho nitro benzene ring substituents is 1. The fourth-order valence-electron chi connectivity index (χ4n) is 1.24. The van der Waals surface area contributed by atoms with Gasteiger partial charge in [0.15, 0.2) is 18.1 Å². The molecule has 0 aromatic heterocycles. The molecule has 0 fully saturated rings. The molecule has 0 saturated carbocycles. The first-order chi connectivity index (χ1) is 8.13. The molecule has 0 heterocycles. The Kier molecular flexibility index (Phi) is 4.11. The highest BCUT2D eigenvalue weighted by Gasteiger charge is 2.19. The van der Waals surface area contributed by atoms with E-state index >= 15 is 0 Å². The SMILES string of the molecule is COc1cc([N+](=O)[O-])cc(OCC#N)c1OC. The van der Waals surface area contributed by atoms with Crippen molar-refractivity contribution < 1.29 is 19.1 Å². The van der Waals surface area contributed by atoms with E-state index in [9.17, 15) is 10.1 Å². The summed E-state index contributed by atoms with van der Waals surface area (Å²) in [5.74, 6) is 0.489. The lowest BCUT2D eigenvalue weighted by Crippen LogP contribution is -2.00. The van der Waals surface area contributed by atoms with Gasteiger partial charge in [-0.1, -0.05) is 0 Å². The summed E-state index contributed by atoms with van der Waals surface area (Å²) in [6.07, 6.45) is 0. The normalized spacial score (nSPS) is 9.24. The molecule has 0 N–H and O–H groups in total. The quantitative estimate of drug-likeness (QED) is 0.570. The number of nitriles is 1. The molecule has 0 unspecified atom stereocenters. The standard InChI is InChI=1S/C10H10N2O5/c1-15-8-5-7(12(13)14)6-9(10(8)16-2)17-4-3-11/h5-6H,4H2,1-2H3. The van der Waals surface area contributed by atoms with Gasteiger partial charge in [0.25, 0.3) is 5.69 Å². The Morgan fingerprint density at radius 2 is 2.00 bits per heavy atom. The van der Waals surface area contributed by atoms with Crippen LogP contribution in [0, 0.1) is 21.4 Å². The number of benzene rings is 1. The lowest BCUT2D eigenvalue weighted by molar-refractivity contribution is -0.385. The number of methoxy groups -OCH3 is 2. The third-order valence-electron chi connectivity index (χ3n) is 1.93. The van der Waals surface area contributed by atoms with Gasteiger partial charge in [-0.05, 0) is 0 Å². The van der Waals surface area contributed by atoms with Crippen molar-refractivity contribution in [3.8, 4) is 23.3 Å². The largest absolute Gasteiger partial charge is 0.492 e. The van der Waals surface area contributed by atoms with Gasteiger partial charge in [0.1, 0.15) is 6.07 Å². The van der Waals surface area contributed by atoms with Crippen LogP contribution < -0.4 is 14.2 Å². The highest BCUT2D eigenvalue weighted by atomic mass is 16.6. The summed E-state index contributed by atoms with van der Waals surface area (Å²) in [5, 5.41) is 19.1. The maximum absolute atomic E-state index is 10.7. The molecule has 17 heavy (non-hydrogen) atoms. The Morgan fingerprint density at radius 3 is 2.47 bits per heavy atom. The van der Waals surface area contributed by atoms with E-state index in [1.54, 1.807) is 6.07 Å². The zero-order valence-electron chi connectivity index (χ0n) is 9.30. The number of hydrogen-bond acceptors (Lipinski definition) is 6. The van der Waals surface area contributed by atoms with Crippen LogP contribution in [0.5, 0.6) is 17.2 Å². The molecule has 7 nitrogen and oxygen atoms in total. The van der Waals surface area contributed by atoms with E-state index < -0.39 is 4.92 Å². The molecule has 7 heteroatoms. The van der Waals surface area contributed by atoms with E-state index in [1.807, 2.05) is 0 Å². The van der Waals surface area contributed by atoms with Crippen molar-refractivity contribution in [2.45, 2.75) is 0 Å². The van der Waals surface area contributed by atoms with Gasteiger partial charge in [0.05, 0.1) is 31.3 Å². The summed E-state index contributed by atoms with van der Waals surface area (Å²) >= 11 is 0. The van der Waals surface area contributed by atoms with Gasteiger partial charge in [-0.15, -0.1) is 0 Å². The Balaban J connectivity index is 3.27. The van der Waals surface area contributed by atoms with Crippen molar-refractivity contribution in [2.75, 3.05) is 20.8 Å². The molecule has 1 aromatic rings. The molecule has 90 valence electrons. The van der Waals surface area contributed by atoms with Crippen LogP contribution in [0.4, 0.5) is 5.69 Å². The molecule has 0 aliphatic heterocycles. The fraction of sp³-hybridized carbons (Fsp3) is 0.300. The summed E-state index contributed by atoms with van der Waals surface area (Å²) in [5.41, 5.74) is -0.199. The highest BCUT2D eigenvalue weighted by molar-refractivity contribution is 5.58. The summed E-state index contributed by atoms with van der Waals surface area (Å²) < 4.78 is 15.0. The van der Waals surface area contributed by atoms with Gasteiger partial charge in [-0.25, -0.2) is 0 Å². The molecular weight excluding hydrogens is 228 g/mol. The first kappa shape index (κ1) is 12.6. The van der Waals surface area contributed by atoms with E-state index in [-0.39, 0.29) is 29.5 Å². The van der Waals surface area contributed by atoms with E-state index in [1.165, 1.54) is 26.4 Å². The number of rotatable bonds is 5. The zero-order valence-corrected chi connectivity index (χ0v) is 9.30. The summed E-state index contributed by atoms with van der Waals surface area (Å²) in [4.78, 5) is 10.1. The van der Waals surface area contributed by atoms with Crippen molar-refractivity contribution in [1.29, 1.82) is 5.26 Å². The Labute approximate surface area is 97.3 Å². The van der Waals surface area contributed by atoms with E-state index in [2.05, 4.69) is 0 Å². The van der Waals surface area contributed by atoms with Crippen LogP contribution in [0.2, 0.25) is 0 Å². The Bertz CT molecular complexity index is 466. The van der Waals surface area contributed by atoms with Crippen molar-refractivity contribution in [3.05, 3.63) is 22.2 Å². The van der Waals surface area contributed by atoms with E-state index in [0.717, 1.165) is 0 Å². The second-order valence-electron chi connectivity index (χ2n) is 2.88. The molecular formula is C10H10N2O5. The Morgan fingerprint density at radius 1 is 1.35 bits per heavy atom. The van der Waals surface area contributed by atoms with Crippen LogP contribution in [-0.2, 0) is 0 Å². The van der Waals surface area contributed by atoms with E-state index in [4.69, 9.17) is 19.5 Å². The highest BCUT2D eigenvalue weighted by Crippen LogP contribution is 2.40. The smallest absolute Gasteiger partial charge is 0.277 e. The molecule has 0 spiro atoms. The predicted molar refractivity (Wildman–Crippen MR) is 57.3 cm³/mol. The third kappa shape index (κ3) is 2.75. The fourth-order valence-corrected chi connectivity index (χ4v) is 1.24. The molecule has 1 aromatic carbocycles. The van der Waals surface area contributed by atoms with Crippen molar-refractivity contribution in [3.63, 3.8) is 0 Å². The first-order valence-corrected chi connectivity index (χ1v) is 4.54. The van der Waals surface area contributed by atoms with Gasteiger partial charge in [-0.2, -0.15) is 5.26 Å². The minimum Gasteiger partial charge on any atom is -0.492 e. The Hall–Kier alpha value is -2.49. The second-order valence-corrected chi connectivity index (χ2v) is 2.88. The molecule has 0 saturated heterocycles. The summed E-state index contributed by atoms with van der Waals surface area (Å²) in [7, 11) is 2.73. The summed E-state index contributed by atoms with van der Waals surface area (Å²) in [6.45, 7) is -0.235. The van der Waals surface area contributed by atoms with Crippen LogP contribution in [0.25, 0.3) is 0 Å². The van der Waals surface area contributed by atoms with Gasteiger partial charge >= 0.3 is 0 Å². The van der Waals surface area contributed by atoms with Gasteiger partial charge < -0.3 is 14.2 Å². The molecule has 0 atom stereocenters. The zero-order chi connectivity index (χ0) is 12.8. The minimum absolute atomic E-state index is 0.0973. The second kappa shape index (κ2) is 5.55. The van der Waals surface area contributed by atoms with Crippen molar-refractivity contribution >= 4 is 5.69 Å². The van der Waals surface area contributed by atoms with Gasteiger partial charge in [-0.3, -0.25) is 10.1 Å². The number of hydrogen-bond donors (Lipinski definition) is 0. The van der Waals surface area contributed by atoms with Crippen LogP contribution in [0.1, 0.15) is 0 Å². The maximum Gasteiger partial charge on any atom is 0.277 e. The lowest BCUT2D eigenvalue weighted by Gasteiger charge is -2.11. The lowest BCUT2D eigenvalue weighted by atomic mass is 10.2. The summed E-state index contributed by atoms with van der Waals surface area (Å²) in [6, 6.07) is 4.16. The average Bonchev–Trinajstić information content (AvgIpc) is 2.34. The first-order valence-electron chi connectivity index (χ1n) is 4.54. The number of nitro groups is 1. The van der Waals surface area contributed by atoms with Crippen LogP contribution in [-0.4, -0.2) is 25.7 Å². The van der Waals surface area contributed by atoms with Gasteiger partial charge in [0, 0.05) is 0 Å². The van der Waals surface area contributed by atoms with Gasteiger partial charge in [0.2, 0.25) is 5.75 Å². The number of nitrogens with zero attached hydrogens (tertiary/aromatic N) is 2. The molecule has 0 radical (unpaired) electrons. The topological polar surface area (TPSA) is 94.6 Å². The predicted octanol–water partition coefficient (Wildman–Crippen LogP) is 1.51. The van der Waals surface area contributed by atoms with E-state index in [0.29, 0.717) is 0 Å². The van der Waals surface area contributed by atoms with Crippen LogP contribution >= 0.6 is 0 Å². The minimum atomic E-state index is -0.582. The number of ether oxygens (including phenoxy) is 3. The molecule has 0 bridgehead atoms. The monoisotopic (exact) mass is 238 g/mol. The molecule has 0 aliphatic carbocycles. The molecule has 0 amide bonds. The van der Waals surface area contributed by atoms with Crippen molar-refractivity contribution in [1.82, 2.24) is 0 Å². The van der Waals surface area contributed by atoms with Crippen LogP contribution in [0.15, 0.2) is 12.1 Å². The van der Waals surface area contributed by atoms with Crippen LogP contribution in [0.3, 0.4) is 0 Å². The van der Waals surface area contributed by atoms with Crippen molar-refractivity contribution in [2.24, 2.45) is 0 Å². The molecule has 0 aliphatic rings.